The zero-order chi connectivity index (χ0) is 13.0. The first-order valence-electron chi connectivity index (χ1n) is 5.25. The molecule has 0 N–H and O–H groups in total. The Hall–Kier alpha value is -1.98. The van der Waals surface area contributed by atoms with Crippen LogP contribution in [-0.2, 0) is 0 Å². The molecule has 0 aromatic heterocycles. The average Bonchev–Trinajstić information content (AvgIpc) is 2.41. The van der Waals surface area contributed by atoms with Gasteiger partial charge in [-0.05, 0) is 24.3 Å². The highest BCUT2D eigenvalue weighted by atomic mass is 35.5. The van der Waals surface area contributed by atoms with E-state index in [0.29, 0.717) is 5.75 Å². The largest absolute Gasteiger partial charge is 0.473 e. The fourth-order valence-electron chi connectivity index (χ4n) is 1.50. The third-order valence-corrected chi connectivity index (χ3v) is 2.65. The summed E-state index contributed by atoms with van der Waals surface area (Å²) in [4.78, 5) is 0. The van der Waals surface area contributed by atoms with Crippen molar-refractivity contribution >= 4 is 11.6 Å². The maximum Gasteiger partial charge on any atom is 0.186 e. The molecule has 89 valence electrons. The Labute approximate surface area is 110 Å². The minimum atomic E-state index is -0.814. The molecule has 0 heterocycles. The zero-order valence-corrected chi connectivity index (χ0v) is 10.1. The molecule has 18 heavy (non-hydrogen) atoms. The van der Waals surface area contributed by atoms with Crippen molar-refractivity contribution in [1.29, 1.82) is 0 Å². The van der Waals surface area contributed by atoms with Gasteiger partial charge in [0.25, 0.3) is 0 Å². The lowest BCUT2D eigenvalue weighted by Gasteiger charge is -2.15. The van der Waals surface area contributed by atoms with Crippen LogP contribution in [0.25, 0.3) is 0 Å². The molecule has 1 unspecified atom stereocenters. The van der Waals surface area contributed by atoms with Crippen LogP contribution in [0.5, 0.6) is 5.75 Å². The fraction of sp³-hybridized carbons (Fsp3) is 0.0667. The van der Waals surface area contributed by atoms with E-state index in [2.05, 4.69) is 12.0 Å². The molecule has 0 aliphatic rings. The van der Waals surface area contributed by atoms with Crippen molar-refractivity contribution in [1.82, 2.24) is 0 Å². The van der Waals surface area contributed by atoms with Crippen LogP contribution >= 0.6 is 11.6 Å². The number of benzene rings is 2. The van der Waals surface area contributed by atoms with Crippen molar-refractivity contribution in [2.24, 2.45) is 0 Å². The third-order valence-electron chi connectivity index (χ3n) is 2.36. The summed E-state index contributed by atoms with van der Waals surface area (Å²) < 4.78 is 19.4. The Balaban J connectivity index is 2.30. The summed E-state index contributed by atoms with van der Waals surface area (Å²) in [7, 11) is 0. The van der Waals surface area contributed by atoms with E-state index in [1.54, 1.807) is 36.4 Å². The van der Waals surface area contributed by atoms with E-state index in [4.69, 9.17) is 22.8 Å². The van der Waals surface area contributed by atoms with Crippen LogP contribution in [-0.4, -0.2) is 0 Å². The van der Waals surface area contributed by atoms with Gasteiger partial charge in [0.05, 0.1) is 5.02 Å². The van der Waals surface area contributed by atoms with Gasteiger partial charge in [-0.3, -0.25) is 0 Å². The number of rotatable bonds is 3. The molecule has 1 nitrogen and oxygen atoms in total. The molecule has 0 aliphatic carbocycles. The van der Waals surface area contributed by atoms with Crippen LogP contribution in [0, 0.1) is 24.2 Å². The van der Waals surface area contributed by atoms with Gasteiger partial charge in [-0.2, -0.15) is 0 Å². The molecule has 1 radical (unpaired) electrons. The van der Waals surface area contributed by atoms with E-state index in [-0.39, 0.29) is 10.6 Å². The molecule has 0 aliphatic heterocycles. The predicted molar refractivity (Wildman–Crippen MR) is 68.9 cm³/mol. The van der Waals surface area contributed by atoms with Crippen molar-refractivity contribution in [3.05, 3.63) is 64.9 Å². The number of ether oxygens (including phenoxy) is 1. The molecule has 0 saturated heterocycles. The Morgan fingerprint density at radius 1 is 1.28 bits per heavy atom. The highest BCUT2D eigenvalue weighted by Gasteiger charge is 2.16. The molecular weight excluding hydrogens is 251 g/mol. The molecular formula is C15H9ClFO. The van der Waals surface area contributed by atoms with Crippen LogP contribution in [0.3, 0.4) is 0 Å². The van der Waals surface area contributed by atoms with Crippen LogP contribution in [0.4, 0.5) is 4.39 Å². The van der Waals surface area contributed by atoms with Crippen molar-refractivity contribution in [2.45, 2.75) is 6.10 Å². The molecule has 0 saturated carbocycles. The van der Waals surface area contributed by atoms with E-state index < -0.39 is 11.9 Å². The summed E-state index contributed by atoms with van der Waals surface area (Å²) in [6.07, 6.45) is 4.57. The van der Waals surface area contributed by atoms with Gasteiger partial charge in [0.1, 0.15) is 11.6 Å². The second-order valence-corrected chi connectivity index (χ2v) is 3.95. The normalized spacial score (nSPS) is 11.6. The SMILES string of the molecule is C#CC(Oc1cc[c]cc1)c1cccc(Cl)c1F. The molecule has 2 rings (SSSR count). The first kappa shape index (κ1) is 12.5. The van der Waals surface area contributed by atoms with Crippen LogP contribution in [0.2, 0.25) is 5.02 Å². The number of hydrogen-bond donors (Lipinski definition) is 0. The summed E-state index contributed by atoms with van der Waals surface area (Å²) in [5, 5.41) is 0.0257. The first-order chi connectivity index (χ1) is 8.72. The molecule has 2 aromatic carbocycles. The van der Waals surface area contributed by atoms with E-state index in [0.717, 1.165) is 0 Å². The first-order valence-corrected chi connectivity index (χ1v) is 5.63. The summed E-state index contributed by atoms with van der Waals surface area (Å²) >= 11 is 5.71. The maximum atomic E-state index is 13.8. The lowest BCUT2D eigenvalue weighted by Crippen LogP contribution is -2.07. The van der Waals surface area contributed by atoms with Crippen molar-refractivity contribution in [3.8, 4) is 18.1 Å². The number of terminal acetylenes is 1. The monoisotopic (exact) mass is 259 g/mol. The number of hydrogen-bond acceptors (Lipinski definition) is 1. The molecule has 2 aromatic rings. The van der Waals surface area contributed by atoms with Crippen LogP contribution < -0.4 is 4.74 Å². The Morgan fingerprint density at radius 2 is 2.00 bits per heavy atom. The topological polar surface area (TPSA) is 9.23 Å². The predicted octanol–water partition coefficient (Wildman–Crippen LogP) is 4.03. The van der Waals surface area contributed by atoms with Crippen molar-refractivity contribution in [3.63, 3.8) is 0 Å². The van der Waals surface area contributed by atoms with E-state index in [1.807, 2.05) is 0 Å². The summed E-state index contributed by atoms with van der Waals surface area (Å²) in [6, 6.07) is 14.3. The van der Waals surface area contributed by atoms with E-state index in [1.165, 1.54) is 6.07 Å². The van der Waals surface area contributed by atoms with Crippen LogP contribution in [0.1, 0.15) is 11.7 Å². The lowest BCUT2D eigenvalue weighted by molar-refractivity contribution is 0.259. The summed E-state index contributed by atoms with van der Waals surface area (Å²) in [5.41, 5.74) is 0.248. The molecule has 1 atom stereocenters. The van der Waals surface area contributed by atoms with Gasteiger partial charge in [-0.25, -0.2) is 4.39 Å². The van der Waals surface area contributed by atoms with Gasteiger partial charge in [0, 0.05) is 5.56 Å². The van der Waals surface area contributed by atoms with E-state index in [9.17, 15) is 4.39 Å². The van der Waals surface area contributed by atoms with Crippen molar-refractivity contribution < 1.29 is 9.13 Å². The molecule has 3 heteroatoms. The summed E-state index contributed by atoms with van der Waals surface area (Å²) in [6.45, 7) is 0. The molecule has 0 bridgehead atoms. The smallest absolute Gasteiger partial charge is 0.186 e. The maximum absolute atomic E-state index is 13.8. The average molecular weight is 260 g/mol. The zero-order valence-electron chi connectivity index (χ0n) is 9.36. The number of halogens is 2. The molecule has 0 spiro atoms. The van der Waals surface area contributed by atoms with Gasteiger partial charge in [0.2, 0.25) is 0 Å². The van der Waals surface area contributed by atoms with Gasteiger partial charge in [-0.15, -0.1) is 6.42 Å². The second-order valence-electron chi connectivity index (χ2n) is 3.54. The summed E-state index contributed by atoms with van der Waals surface area (Å²) in [5.74, 6) is 2.40. The molecule has 0 fully saturated rings. The van der Waals surface area contributed by atoms with Gasteiger partial charge >= 0.3 is 0 Å². The fourth-order valence-corrected chi connectivity index (χ4v) is 1.68. The highest BCUT2D eigenvalue weighted by Crippen LogP contribution is 2.26. The Morgan fingerprint density at radius 3 is 2.67 bits per heavy atom. The standard InChI is InChI=1S/C15H9ClFO/c1-2-14(18-11-7-4-3-5-8-11)12-9-6-10-13(16)15(12)17/h1,4-10,14H. The van der Waals surface area contributed by atoms with E-state index >= 15 is 0 Å². The van der Waals surface area contributed by atoms with Gasteiger partial charge in [-0.1, -0.05) is 41.8 Å². The minimum absolute atomic E-state index is 0.0257. The van der Waals surface area contributed by atoms with Gasteiger partial charge < -0.3 is 4.74 Å². The lowest BCUT2D eigenvalue weighted by atomic mass is 10.1. The quantitative estimate of drug-likeness (QED) is 0.756. The van der Waals surface area contributed by atoms with Gasteiger partial charge in [0.15, 0.2) is 6.10 Å². The Kier molecular flexibility index (Phi) is 3.86. The Bertz CT molecular complexity index is 575. The highest BCUT2D eigenvalue weighted by molar-refractivity contribution is 6.30. The van der Waals surface area contributed by atoms with Crippen molar-refractivity contribution in [2.75, 3.05) is 0 Å². The minimum Gasteiger partial charge on any atom is -0.473 e. The third kappa shape index (κ3) is 2.64. The molecule has 0 amide bonds. The van der Waals surface area contributed by atoms with Crippen LogP contribution in [0.15, 0.2) is 42.5 Å². The second kappa shape index (κ2) is 5.57.